The Hall–Kier alpha value is -1.06. The van der Waals surface area contributed by atoms with Gasteiger partial charge in [0.05, 0.1) is 11.8 Å². The fraction of sp³-hybridized carbons (Fsp3) is 0.895. The maximum Gasteiger partial charge on any atom is 0.311 e. The summed E-state index contributed by atoms with van der Waals surface area (Å²) in [5.41, 5.74) is -0.489. The van der Waals surface area contributed by atoms with Gasteiger partial charge in [-0.25, -0.2) is 0 Å². The van der Waals surface area contributed by atoms with Crippen molar-refractivity contribution in [3.8, 4) is 0 Å². The maximum atomic E-state index is 12.1. The van der Waals surface area contributed by atoms with Gasteiger partial charge in [-0.2, -0.15) is 0 Å². The molecule has 0 N–H and O–H groups in total. The Balaban J connectivity index is 1.78. The van der Waals surface area contributed by atoms with E-state index in [9.17, 15) is 9.59 Å². The first kappa shape index (κ1) is 18.3. The van der Waals surface area contributed by atoms with E-state index in [1.54, 1.807) is 0 Å². The number of esters is 2. The molecule has 23 heavy (non-hydrogen) atoms. The predicted octanol–water partition coefficient (Wildman–Crippen LogP) is 3.97. The topological polar surface area (TPSA) is 52.6 Å². The molecular weight excluding hydrogens is 292 g/mol. The first-order valence-electron chi connectivity index (χ1n) is 9.13. The van der Waals surface area contributed by atoms with E-state index >= 15 is 0 Å². The molecule has 0 heterocycles. The average Bonchev–Trinajstić information content (AvgIpc) is 3.07. The second-order valence-electron chi connectivity index (χ2n) is 8.23. The van der Waals surface area contributed by atoms with Gasteiger partial charge in [-0.1, -0.05) is 20.8 Å². The third kappa shape index (κ3) is 4.07. The fourth-order valence-electron chi connectivity index (χ4n) is 4.16. The van der Waals surface area contributed by atoms with E-state index in [1.807, 2.05) is 20.8 Å². The molecule has 4 nitrogen and oxygen atoms in total. The van der Waals surface area contributed by atoms with Crippen LogP contribution >= 0.6 is 0 Å². The summed E-state index contributed by atoms with van der Waals surface area (Å²) in [6, 6.07) is 0. The molecule has 4 unspecified atom stereocenters. The van der Waals surface area contributed by atoms with Gasteiger partial charge in [0.15, 0.2) is 0 Å². The molecule has 2 aliphatic carbocycles. The van der Waals surface area contributed by atoms with E-state index in [1.165, 1.54) is 19.3 Å². The second-order valence-corrected chi connectivity index (χ2v) is 8.23. The smallest absolute Gasteiger partial charge is 0.311 e. The van der Waals surface area contributed by atoms with E-state index in [2.05, 4.69) is 13.8 Å². The molecule has 0 aromatic heterocycles. The van der Waals surface area contributed by atoms with Crippen molar-refractivity contribution in [2.45, 2.75) is 72.8 Å². The Morgan fingerprint density at radius 1 is 1.17 bits per heavy atom. The first-order chi connectivity index (χ1) is 10.8. The summed E-state index contributed by atoms with van der Waals surface area (Å²) >= 11 is 0. The minimum Gasteiger partial charge on any atom is -0.465 e. The summed E-state index contributed by atoms with van der Waals surface area (Å²) in [5, 5.41) is 0. The zero-order valence-corrected chi connectivity index (χ0v) is 15.3. The van der Waals surface area contributed by atoms with Crippen molar-refractivity contribution < 1.29 is 19.1 Å². The lowest BCUT2D eigenvalue weighted by Gasteiger charge is -2.33. The predicted molar refractivity (Wildman–Crippen MR) is 88.7 cm³/mol. The largest absolute Gasteiger partial charge is 0.465 e. The number of hydrogen-bond acceptors (Lipinski definition) is 4. The SMILES string of the molecule is CCC(C)(C)C(=O)OCCC(=O)OC1C2CCC(C2)C1C(C)C. The lowest BCUT2D eigenvalue weighted by molar-refractivity contribution is -0.161. The van der Waals surface area contributed by atoms with E-state index in [-0.39, 0.29) is 31.1 Å². The minimum atomic E-state index is -0.489. The normalized spacial score (nSPS) is 29.8. The Bertz CT molecular complexity index is 441. The van der Waals surface area contributed by atoms with Crippen LogP contribution in [0.2, 0.25) is 0 Å². The van der Waals surface area contributed by atoms with Crippen molar-refractivity contribution in [3.63, 3.8) is 0 Å². The molecule has 0 amide bonds. The molecular formula is C19H32O4. The van der Waals surface area contributed by atoms with Crippen LogP contribution in [0.4, 0.5) is 0 Å². The zero-order valence-electron chi connectivity index (χ0n) is 15.3. The highest BCUT2D eigenvalue weighted by Crippen LogP contribution is 2.52. The molecule has 2 saturated carbocycles. The number of carbonyl (C=O) groups is 2. The highest BCUT2D eigenvalue weighted by molar-refractivity contribution is 5.76. The van der Waals surface area contributed by atoms with Crippen molar-refractivity contribution >= 4 is 11.9 Å². The van der Waals surface area contributed by atoms with Crippen LogP contribution in [0.15, 0.2) is 0 Å². The Labute approximate surface area is 140 Å². The van der Waals surface area contributed by atoms with Gasteiger partial charge in [0.2, 0.25) is 0 Å². The highest BCUT2D eigenvalue weighted by atomic mass is 16.6. The minimum absolute atomic E-state index is 0.0732. The molecule has 2 rings (SSSR count). The highest BCUT2D eigenvalue weighted by Gasteiger charge is 2.50. The van der Waals surface area contributed by atoms with Gasteiger partial charge >= 0.3 is 11.9 Å². The number of carbonyl (C=O) groups excluding carboxylic acids is 2. The quantitative estimate of drug-likeness (QED) is 0.665. The third-order valence-corrected chi connectivity index (χ3v) is 5.92. The molecule has 2 bridgehead atoms. The summed E-state index contributed by atoms with van der Waals surface area (Å²) in [4.78, 5) is 24.0. The number of hydrogen-bond donors (Lipinski definition) is 0. The molecule has 2 fully saturated rings. The van der Waals surface area contributed by atoms with Crippen LogP contribution in [0.3, 0.4) is 0 Å². The van der Waals surface area contributed by atoms with Crippen LogP contribution in [-0.2, 0) is 19.1 Å². The Morgan fingerprint density at radius 3 is 2.43 bits per heavy atom. The summed E-state index contributed by atoms with van der Waals surface area (Å²) < 4.78 is 11.0. The third-order valence-electron chi connectivity index (χ3n) is 5.92. The molecule has 4 heteroatoms. The van der Waals surface area contributed by atoms with Crippen LogP contribution in [-0.4, -0.2) is 24.6 Å². The standard InChI is InChI=1S/C19H32O4/c1-6-19(4,5)18(21)22-10-9-15(20)23-17-14-8-7-13(11-14)16(17)12(2)3/h12-14,16-17H,6-11H2,1-5H3. The van der Waals surface area contributed by atoms with Gasteiger partial charge in [-0.05, 0) is 57.3 Å². The average molecular weight is 324 g/mol. The van der Waals surface area contributed by atoms with Crippen molar-refractivity contribution in [2.24, 2.45) is 29.1 Å². The van der Waals surface area contributed by atoms with E-state index in [4.69, 9.17) is 9.47 Å². The van der Waals surface area contributed by atoms with Crippen molar-refractivity contribution in [1.29, 1.82) is 0 Å². The molecule has 0 saturated heterocycles. The van der Waals surface area contributed by atoms with Gasteiger partial charge in [0.1, 0.15) is 12.7 Å². The molecule has 4 atom stereocenters. The van der Waals surface area contributed by atoms with Crippen LogP contribution < -0.4 is 0 Å². The number of ether oxygens (including phenoxy) is 2. The van der Waals surface area contributed by atoms with Crippen LogP contribution in [0.25, 0.3) is 0 Å². The molecule has 0 spiro atoms. The summed E-state index contributed by atoms with van der Waals surface area (Å²) in [7, 11) is 0. The van der Waals surface area contributed by atoms with Crippen LogP contribution in [0.1, 0.15) is 66.7 Å². The van der Waals surface area contributed by atoms with Crippen molar-refractivity contribution in [3.05, 3.63) is 0 Å². The Kier molecular flexibility index (Phi) is 5.74. The molecule has 2 aliphatic rings. The van der Waals surface area contributed by atoms with E-state index < -0.39 is 5.41 Å². The van der Waals surface area contributed by atoms with E-state index in [0.717, 1.165) is 12.3 Å². The van der Waals surface area contributed by atoms with Gasteiger partial charge in [0, 0.05) is 5.92 Å². The molecule has 0 radical (unpaired) electrons. The number of fused-ring (bicyclic) bond motifs is 2. The van der Waals surface area contributed by atoms with Gasteiger partial charge < -0.3 is 9.47 Å². The zero-order chi connectivity index (χ0) is 17.2. The van der Waals surface area contributed by atoms with E-state index in [0.29, 0.717) is 17.8 Å². The maximum absolute atomic E-state index is 12.1. The van der Waals surface area contributed by atoms with Gasteiger partial charge in [0.25, 0.3) is 0 Å². The monoisotopic (exact) mass is 324 g/mol. The fourth-order valence-corrected chi connectivity index (χ4v) is 4.16. The van der Waals surface area contributed by atoms with Crippen LogP contribution in [0, 0.1) is 29.1 Å². The van der Waals surface area contributed by atoms with Gasteiger partial charge in [-0.3, -0.25) is 9.59 Å². The first-order valence-corrected chi connectivity index (χ1v) is 9.13. The second kappa shape index (κ2) is 7.23. The Morgan fingerprint density at radius 2 is 1.83 bits per heavy atom. The number of rotatable bonds is 7. The molecule has 0 aromatic rings. The summed E-state index contributed by atoms with van der Waals surface area (Å²) in [6.07, 6.45) is 4.63. The molecule has 132 valence electrons. The molecule has 0 aliphatic heterocycles. The summed E-state index contributed by atoms with van der Waals surface area (Å²) in [6.45, 7) is 10.2. The van der Waals surface area contributed by atoms with Crippen molar-refractivity contribution in [1.82, 2.24) is 0 Å². The van der Waals surface area contributed by atoms with Crippen molar-refractivity contribution in [2.75, 3.05) is 6.61 Å². The lowest BCUT2D eigenvalue weighted by atomic mass is 9.79. The van der Waals surface area contributed by atoms with Gasteiger partial charge in [-0.15, -0.1) is 0 Å². The molecule has 0 aromatic carbocycles. The lowest BCUT2D eigenvalue weighted by Crippen LogP contribution is -2.35. The van der Waals surface area contributed by atoms with Crippen LogP contribution in [0.5, 0.6) is 0 Å². The summed E-state index contributed by atoms with van der Waals surface area (Å²) in [5.74, 6) is 1.84.